The molecule has 0 bridgehead atoms. The van der Waals surface area contributed by atoms with Gasteiger partial charge in [0.05, 0.1) is 12.4 Å². The molecule has 0 spiro atoms. The SMILES string of the molecule is CCOC(=O)CN(C(=O)CSc1nccn1C)c1ccccc1. The number of aromatic nitrogens is 2. The lowest BCUT2D eigenvalue weighted by Crippen LogP contribution is -2.37. The van der Waals surface area contributed by atoms with E-state index in [0.29, 0.717) is 5.69 Å². The van der Waals surface area contributed by atoms with Crippen molar-refractivity contribution in [2.24, 2.45) is 7.05 Å². The van der Waals surface area contributed by atoms with Gasteiger partial charge in [-0.2, -0.15) is 0 Å². The molecule has 0 radical (unpaired) electrons. The molecule has 0 unspecified atom stereocenters. The van der Waals surface area contributed by atoms with Gasteiger partial charge in [-0.3, -0.25) is 9.59 Å². The number of imidazole rings is 1. The number of hydrogen-bond donors (Lipinski definition) is 0. The Kier molecular flexibility index (Phi) is 6.22. The Balaban J connectivity index is 2.07. The van der Waals surface area contributed by atoms with Crippen molar-refractivity contribution >= 4 is 29.3 Å². The van der Waals surface area contributed by atoms with E-state index >= 15 is 0 Å². The fourth-order valence-electron chi connectivity index (χ4n) is 1.96. The third-order valence-electron chi connectivity index (χ3n) is 3.06. The molecule has 23 heavy (non-hydrogen) atoms. The van der Waals surface area contributed by atoms with Crippen molar-refractivity contribution in [3.05, 3.63) is 42.7 Å². The molecule has 1 amide bonds. The molecule has 0 saturated carbocycles. The Labute approximate surface area is 139 Å². The zero-order valence-electron chi connectivity index (χ0n) is 13.1. The lowest BCUT2D eigenvalue weighted by atomic mass is 10.3. The van der Waals surface area contributed by atoms with Gasteiger partial charge >= 0.3 is 5.97 Å². The molecule has 122 valence electrons. The molecule has 2 rings (SSSR count). The zero-order chi connectivity index (χ0) is 16.7. The summed E-state index contributed by atoms with van der Waals surface area (Å²) in [5.74, 6) is -0.400. The first-order chi connectivity index (χ1) is 11.1. The van der Waals surface area contributed by atoms with Crippen LogP contribution in [0.2, 0.25) is 0 Å². The van der Waals surface area contributed by atoms with Crippen molar-refractivity contribution < 1.29 is 14.3 Å². The maximum atomic E-state index is 12.6. The van der Waals surface area contributed by atoms with Gasteiger partial charge in [0.2, 0.25) is 5.91 Å². The molecule has 0 aliphatic rings. The predicted octanol–water partition coefficient (Wildman–Crippen LogP) is 2.11. The van der Waals surface area contributed by atoms with Gasteiger partial charge in [0.1, 0.15) is 6.54 Å². The summed E-state index contributed by atoms with van der Waals surface area (Å²) >= 11 is 1.33. The standard InChI is InChI=1S/C16H19N3O3S/c1-3-22-15(21)11-19(13-7-5-4-6-8-13)14(20)12-23-16-17-9-10-18(16)2/h4-10H,3,11-12H2,1-2H3. The van der Waals surface area contributed by atoms with E-state index in [1.165, 1.54) is 16.7 Å². The van der Waals surface area contributed by atoms with Crippen LogP contribution in [0, 0.1) is 0 Å². The van der Waals surface area contributed by atoms with Gasteiger partial charge in [-0.25, -0.2) is 4.98 Å². The van der Waals surface area contributed by atoms with E-state index in [4.69, 9.17) is 4.74 Å². The maximum absolute atomic E-state index is 12.6. The Morgan fingerprint density at radius 3 is 2.65 bits per heavy atom. The number of rotatable bonds is 7. The van der Waals surface area contributed by atoms with E-state index in [9.17, 15) is 9.59 Å². The van der Waals surface area contributed by atoms with Crippen LogP contribution in [0.4, 0.5) is 5.69 Å². The van der Waals surface area contributed by atoms with Crippen molar-refractivity contribution in [3.8, 4) is 0 Å². The van der Waals surface area contributed by atoms with Crippen LogP contribution >= 0.6 is 11.8 Å². The highest BCUT2D eigenvalue weighted by molar-refractivity contribution is 7.99. The van der Waals surface area contributed by atoms with Crippen molar-refractivity contribution in [1.82, 2.24) is 9.55 Å². The number of carbonyl (C=O) groups excluding carboxylic acids is 2. The normalized spacial score (nSPS) is 10.3. The molecule has 6 nitrogen and oxygen atoms in total. The Bertz CT molecular complexity index is 658. The largest absolute Gasteiger partial charge is 0.465 e. The van der Waals surface area contributed by atoms with Gasteiger partial charge < -0.3 is 14.2 Å². The molecule has 0 N–H and O–H groups in total. The van der Waals surface area contributed by atoms with Crippen LogP contribution in [0.25, 0.3) is 0 Å². The summed E-state index contributed by atoms with van der Waals surface area (Å²) in [4.78, 5) is 29.9. The summed E-state index contributed by atoms with van der Waals surface area (Å²) in [6, 6.07) is 9.10. The van der Waals surface area contributed by atoms with Crippen molar-refractivity contribution in [2.75, 3.05) is 23.8 Å². The van der Waals surface area contributed by atoms with Gasteiger partial charge in [0.15, 0.2) is 5.16 Å². The van der Waals surface area contributed by atoms with Crippen LogP contribution in [0.5, 0.6) is 0 Å². The van der Waals surface area contributed by atoms with E-state index in [1.807, 2.05) is 36.0 Å². The minimum absolute atomic E-state index is 0.0994. The number of para-hydroxylation sites is 1. The monoisotopic (exact) mass is 333 g/mol. The first kappa shape index (κ1) is 17.1. The smallest absolute Gasteiger partial charge is 0.326 e. The fourth-order valence-corrected chi connectivity index (χ4v) is 2.77. The van der Waals surface area contributed by atoms with Crippen LogP contribution in [0.15, 0.2) is 47.9 Å². The number of nitrogens with zero attached hydrogens (tertiary/aromatic N) is 3. The molecule has 1 aromatic heterocycles. The fraction of sp³-hybridized carbons (Fsp3) is 0.312. The number of benzene rings is 1. The molecular formula is C16H19N3O3S. The maximum Gasteiger partial charge on any atom is 0.326 e. The number of ether oxygens (including phenoxy) is 1. The average molecular weight is 333 g/mol. The molecule has 0 aliphatic heterocycles. The van der Waals surface area contributed by atoms with E-state index in [0.717, 1.165) is 5.16 Å². The van der Waals surface area contributed by atoms with Crippen LogP contribution in [-0.2, 0) is 21.4 Å². The lowest BCUT2D eigenvalue weighted by molar-refractivity contribution is -0.142. The zero-order valence-corrected chi connectivity index (χ0v) is 14.0. The van der Waals surface area contributed by atoms with Gasteiger partial charge in [0, 0.05) is 25.1 Å². The van der Waals surface area contributed by atoms with Crippen LogP contribution in [0.3, 0.4) is 0 Å². The summed E-state index contributed by atoms with van der Waals surface area (Å²) in [5.41, 5.74) is 0.672. The molecule has 1 aromatic carbocycles. The van der Waals surface area contributed by atoms with Crippen LogP contribution in [0.1, 0.15) is 6.92 Å². The van der Waals surface area contributed by atoms with Gasteiger partial charge in [-0.05, 0) is 19.1 Å². The van der Waals surface area contributed by atoms with Crippen LogP contribution in [-0.4, -0.2) is 40.3 Å². The average Bonchev–Trinajstić information content (AvgIpc) is 2.96. The highest BCUT2D eigenvalue weighted by Gasteiger charge is 2.20. The summed E-state index contributed by atoms with van der Waals surface area (Å²) in [5, 5.41) is 0.752. The molecule has 0 atom stereocenters. The molecular weight excluding hydrogens is 314 g/mol. The number of esters is 1. The molecule has 2 aromatic rings. The Hall–Kier alpha value is -2.28. The molecule has 1 heterocycles. The predicted molar refractivity (Wildman–Crippen MR) is 89.4 cm³/mol. The molecule has 0 saturated heterocycles. The summed E-state index contributed by atoms with van der Waals surface area (Å²) in [6.45, 7) is 1.93. The van der Waals surface area contributed by atoms with E-state index < -0.39 is 5.97 Å². The summed E-state index contributed by atoms with van der Waals surface area (Å²) in [6.07, 6.45) is 3.50. The Morgan fingerprint density at radius 1 is 1.30 bits per heavy atom. The van der Waals surface area contributed by atoms with Crippen molar-refractivity contribution in [1.29, 1.82) is 0 Å². The van der Waals surface area contributed by atoms with Crippen molar-refractivity contribution in [3.63, 3.8) is 0 Å². The molecule has 7 heteroatoms. The minimum Gasteiger partial charge on any atom is -0.465 e. The number of carbonyl (C=O) groups is 2. The molecule has 0 aliphatic carbocycles. The second kappa shape index (κ2) is 8.38. The quantitative estimate of drug-likeness (QED) is 0.573. The number of anilines is 1. The van der Waals surface area contributed by atoms with Gasteiger partial charge in [-0.15, -0.1) is 0 Å². The highest BCUT2D eigenvalue weighted by atomic mass is 32.2. The second-order valence-electron chi connectivity index (χ2n) is 4.73. The summed E-state index contributed by atoms with van der Waals surface area (Å²) in [7, 11) is 1.87. The number of amides is 1. The van der Waals surface area contributed by atoms with Crippen LogP contribution < -0.4 is 4.90 Å². The topological polar surface area (TPSA) is 64.4 Å². The first-order valence-electron chi connectivity index (χ1n) is 7.23. The second-order valence-corrected chi connectivity index (χ2v) is 5.67. The van der Waals surface area contributed by atoms with Gasteiger partial charge in [0.25, 0.3) is 0 Å². The number of aryl methyl sites for hydroxylation is 1. The third kappa shape index (κ3) is 4.85. The Morgan fingerprint density at radius 2 is 2.04 bits per heavy atom. The molecule has 0 fully saturated rings. The first-order valence-corrected chi connectivity index (χ1v) is 8.21. The number of hydrogen-bond acceptors (Lipinski definition) is 5. The van der Waals surface area contributed by atoms with E-state index in [-0.39, 0.29) is 24.8 Å². The number of thioether (sulfide) groups is 1. The lowest BCUT2D eigenvalue weighted by Gasteiger charge is -2.21. The van der Waals surface area contributed by atoms with E-state index in [2.05, 4.69) is 4.98 Å². The summed E-state index contributed by atoms with van der Waals surface area (Å²) < 4.78 is 6.80. The van der Waals surface area contributed by atoms with Gasteiger partial charge in [-0.1, -0.05) is 30.0 Å². The third-order valence-corrected chi connectivity index (χ3v) is 4.11. The van der Waals surface area contributed by atoms with Crippen molar-refractivity contribution in [2.45, 2.75) is 12.1 Å². The minimum atomic E-state index is -0.424. The van der Waals surface area contributed by atoms with E-state index in [1.54, 1.807) is 25.3 Å². The highest BCUT2D eigenvalue weighted by Crippen LogP contribution is 2.19.